The van der Waals surface area contributed by atoms with E-state index < -0.39 is 5.60 Å². The highest BCUT2D eigenvalue weighted by molar-refractivity contribution is 5.58. The molecule has 3 nitrogen and oxygen atoms in total. The summed E-state index contributed by atoms with van der Waals surface area (Å²) in [6.07, 6.45) is 9.15. The Bertz CT molecular complexity index is 589. The van der Waals surface area contributed by atoms with Gasteiger partial charge in [-0.1, -0.05) is 31.1 Å². The summed E-state index contributed by atoms with van der Waals surface area (Å²) in [5, 5.41) is 11.8. The van der Waals surface area contributed by atoms with Crippen LogP contribution in [0.3, 0.4) is 0 Å². The van der Waals surface area contributed by atoms with Crippen LogP contribution in [0, 0.1) is 11.8 Å². The highest BCUT2D eigenvalue weighted by Crippen LogP contribution is 2.51. The van der Waals surface area contributed by atoms with Gasteiger partial charge < -0.3 is 14.7 Å². The molecule has 0 spiro atoms. The molecular weight excluding hydrogens is 298 g/mol. The standard InChI is InChI=1S/C21H31NO2/c1-22(2)15-19-12-11-18(21(19,23)17-8-4-5-9-17)13-16-7-6-10-20(14-16)24-3/h6-7,10,13-14,17,19,23H,4-5,8-9,11-12,15H2,1-3H3. The molecule has 2 atom stereocenters. The van der Waals surface area contributed by atoms with Crippen LogP contribution in [-0.4, -0.2) is 43.4 Å². The lowest BCUT2D eigenvalue weighted by atomic mass is 9.75. The average molecular weight is 329 g/mol. The summed E-state index contributed by atoms with van der Waals surface area (Å²) in [7, 11) is 5.92. The van der Waals surface area contributed by atoms with Crippen molar-refractivity contribution in [3.63, 3.8) is 0 Å². The van der Waals surface area contributed by atoms with E-state index in [2.05, 4.69) is 37.2 Å². The number of methoxy groups -OCH3 is 1. The maximum atomic E-state index is 11.8. The Hall–Kier alpha value is -1.32. The molecule has 0 aliphatic heterocycles. The van der Waals surface area contributed by atoms with E-state index in [4.69, 9.17) is 4.74 Å². The van der Waals surface area contributed by atoms with E-state index in [0.29, 0.717) is 11.8 Å². The molecule has 0 bridgehead atoms. The summed E-state index contributed by atoms with van der Waals surface area (Å²) >= 11 is 0. The molecule has 1 aromatic rings. The van der Waals surface area contributed by atoms with Crippen LogP contribution in [0.15, 0.2) is 29.8 Å². The van der Waals surface area contributed by atoms with E-state index >= 15 is 0 Å². The summed E-state index contributed by atoms with van der Waals surface area (Å²) in [6.45, 7) is 0.961. The third kappa shape index (κ3) is 3.38. The van der Waals surface area contributed by atoms with Crippen LogP contribution in [-0.2, 0) is 0 Å². The monoisotopic (exact) mass is 329 g/mol. The maximum absolute atomic E-state index is 11.8. The minimum absolute atomic E-state index is 0.340. The molecule has 0 saturated heterocycles. The largest absolute Gasteiger partial charge is 0.497 e. The van der Waals surface area contributed by atoms with Crippen molar-refractivity contribution in [3.05, 3.63) is 35.4 Å². The highest BCUT2D eigenvalue weighted by atomic mass is 16.5. The third-order valence-electron chi connectivity index (χ3n) is 5.90. The molecule has 3 heteroatoms. The first-order chi connectivity index (χ1) is 11.5. The molecular formula is C21H31NO2. The Balaban J connectivity index is 1.94. The molecule has 2 aliphatic carbocycles. The number of benzene rings is 1. The number of nitrogens with zero attached hydrogens (tertiary/aromatic N) is 1. The second-order valence-corrected chi connectivity index (χ2v) is 7.75. The number of hydrogen-bond acceptors (Lipinski definition) is 3. The van der Waals surface area contributed by atoms with Gasteiger partial charge in [0, 0.05) is 12.5 Å². The molecule has 132 valence electrons. The van der Waals surface area contributed by atoms with Crippen LogP contribution in [0.5, 0.6) is 5.75 Å². The zero-order valence-corrected chi connectivity index (χ0v) is 15.3. The lowest BCUT2D eigenvalue weighted by Crippen LogP contribution is -2.45. The molecule has 2 aliphatic rings. The normalized spacial score (nSPS) is 29.7. The summed E-state index contributed by atoms with van der Waals surface area (Å²) in [5.74, 6) is 1.63. The van der Waals surface area contributed by atoms with Gasteiger partial charge in [-0.3, -0.25) is 0 Å². The highest BCUT2D eigenvalue weighted by Gasteiger charge is 2.50. The fourth-order valence-electron chi connectivity index (χ4n) is 4.77. The molecule has 0 heterocycles. The molecule has 0 aromatic heterocycles. The molecule has 1 N–H and O–H groups in total. The summed E-state index contributed by atoms with van der Waals surface area (Å²) in [5.41, 5.74) is 1.73. The van der Waals surface area contributed by atoms with Gasteiger partial charge >= 0.3 is 0 Å². The van der Waals surface area contributed by atoms with E-state index in [1.54, 1.807) is 7.11 Å². The summed E-state index contributed by atoms with van der Waals surface area (Å²) in [4.78, 5) is 2.22. The van der Waals surface area contributed by atoms with Crippen molar-refractivity contribution in [2.45, 2.75) is 44.1 Å². The van der Waals surface area contributed by atoms with E-state index in [1.807, 2.05) is 12.1 Å². The van der Waals surface area contributed by atoms with Crippen molar-refractivity contribution in [1.29, 1.82) is 0 Å². The molecule has 2 saturated carbocycles. The molecule has 24 heavy (non-hydrogen) atoms. The lowest BCUT2D eigenvalue weighted by Gasteiger charge is -2.38. The number of rotatable bonds is 5. The van der Waals surface area contributed by atoms with Crippen molar-refractivity contribution in [1.82, 2.24) is 4.90 Å². The fraction of sp³-hybridized carbons (Fsp3) is 0.619. The Kier molecular flexibility index (Phi) is 5.31. The van der Waals surface area contributed by atoms with Gasteiger partial charge in [0.2, 0.25) is 0 Å². The van der Waals surface area contributed by atoms with Crippen molar-refractivity contribution >= 4 is 6.08 Å². The van der Waals surface area contributed by atoms with Crippen LogP contribution in [0.2, 0.25) is 0 Å². The lowest BCUT2D eigenvalue weighted by molar-refractivity contribution is -0.0251. The Morgan fingerprint density at radius 2 is 2.00 bits per heavy atom. The van der Waals surface area contributed by atoms with Crippen LogP contribution in [0.4, 0.5) is 0 Å². The van der Waals surface area contributed by atoms with E-state index in [9.17, 15) is 5.11 Å². The summed E-state index contributed by atoms with van der Waals surface area (Å²) < 4.78 is 5.35. The van der Waals surface area contributed by atoms with Crippen LogP contribution in [0.1, 0.15) is 44.1 Å². The van der Waals surface area contributed by atoms with Gasteiger partial charge in [-0.2, -0.15) is 0 Å². The van der Waals surface area contributed by atoms with E-state index in [0.717, 1.165) is 43.5 Å². The Morgan fingerprint density at radius 3 is 2.67 bits per heavy atom. The van der Waals surface area contributed by atoms with Gasteiger partial charge in [0.15, 0.2) is 0 Å². The van der Waals surface area contributed by atoms with Gasteiger partial charge in [-0.15, -0.1) is 0 Å². The maximum Gasteiger partial charge on any atom is 0.119 e. The minimum Gasteiger partial charge on any atom is -0.497 e. The predicted molar refractivity (Wildman–Crippen MR) is 99.2 cm³/mol. The van der Waals surface area contributed by atoms with Gasteiger partial charge in [0.05, 0.1) is 12.7 Å². The smallest absolute Gasteiger partial charge is 0.119 e. The first-order valence-corrected chi connectivity index (χ1v) is 9.26. The predicted octanol–water partition coefficient (Wildman–Crippen LogP) is 3.97. The molecule has 1 aromatic carbocycles. The topological polar surface area (TPSA) is 32.7 Å². The fourth-order valence-corrected chi connectivity index (χ4v) is 4.77. The number of hydrogen-bond donors (Lipinski definition) is 1. The SMILES string of the molecule is COc1cccc(C=C2CCC(CN(C)C)C2(O)C2CCCC2)c1. The van der Waals surface area contributed by atoms with Crippen molar-refractivity contribution < 1.29 is 9.84 Å². The van der Waals surface area contributed by atoms with Gasteiger partial charge in [0.1, 0.15) is 5.75 Å². The molecule has 2 unspecified atom stereocenters. The van der Waals surface area contributed by atoms with E-state index in [-0.39, 0.29) is 0 Å². The zero-order chi connectivity index (χ0) is 17.2. The van der Waals surface area contributed by atoms with E-state index in [1.165, 1.54) is 18.4 Å². The number of ether oxygens (including phenoxy) is 1. The molecule has 0 radical (unpaired) electrons. The minimum atomic E-state index is -0.635. The van der Waals surface area contributed by atoms with Gasteiger partial charge in [-0.05, 0) is 69.0 Å². The molecule has 2 fully saturated rings. The average Bonchev–Trinajstić information content (AvgIpc) is 3.19. The first-order valence-electron chi connectivity index (χ1n) is 9.26. The first kappa shape index (κ1) is 17.5. The molecule has 3 rings (SSSR count). The zero-order valence-electron chi connectivity index (χ0n) is 15.3. The van der Waals surface area contributed by atoms with Crippen molar-refractivity contribution in [2.24, 2.45) is 11.8 Å². The third-order valence-corrected chi connectivity index (χ3v) is 5.90. The van der Waals surface area contributed by atoms with Crippen LogP contribution >= 0.6 is 0 Å². The second-order valence-electron chi connectivity index (χ2n) is 7.75. The van der Waals surface area contributed by atoms with Gasteiger partial charge in [-0.25, -0.2) is 0 Å². The van der Waals surface area contributed by atoms with Crippen LogP contribution < -0.4 is 4.74 Å². The van der Waals surface area contributed by atoms with Crippen molar-refractivity contribution in [2.75, 3.05) is 27.7 Å². The van der Waals surface area contributed by atoms with Gasteiger partial charge in [0.25, 0.3) is 0 Å². The number of aliphatic hydroxyl groups is 1. The second kappa shape index (κ2) is 7.28. The van der Waals surface area contributed by atoms with Crippen molar-refractivity contribution in [3.8, 4) is 5.75 Å². The van der Waals surface area contributed by atoms with Crippen LogP contribution in [0.25, 0.3) is 6.08 Å². The summed E-state index contributed by atoms with van der Waals surface area (Å²) in [6, 6.07) is 8.14. The molecule has 0 amide bonds. The Morgan fingerprint density at radius 1 is 1.25 bits per heavy atom. The Labute approximate surface area is 146 Å². The quantitative estimate of drug-likeness (QED) is 0.887.